The van der Waals surface area contributed by atoms with Crippen molar-refractivity contribution in [1.82, 2.24) is 4.98 Å². The van der Waals surface area contributed by atoms with Crippen LogP contribution in [0.2, 0.25) is 0 Å². The van der Waals surface area contributed by atoms with E-state index in [1.54, 1.807) is 26.0 Å². The molecule has 0 aliphatic carbocycles. The number of carbonyl (C=O) groups is 1. The summed E-state index contributed by atoms with van der Waals surface area (Å²) in [6.45, 7) is 3.78. The third-order valence-corrected chi connectivity index (χ3v) is 6.39. The van der Waals surface area contributed by atoms with Gasteiger partial charge in [0.05, 0.1) is 11.3 Å². The number of aromatic hydroxyl groups is 1. The third-order valence-electron chi connectivity index (χ3n) is 5.71. The molecule has 4 rings (SSSR count). The number of anilines is 1. The van der Waals surface area contributed by atoms with E-state index in [1.165, 1.54) is 11.3 Å². The molecule has 4 N–H and O–H groups in total. The Hall–Kier alpha value is -3.68. The molecule has 0 aliphatic heterocycles. The average Bonchev–Trinajstić information content (AvgIpc) is 3.31. The molecule has 1 aromatic heterocycles. The van der Waals surface area contributed by atoms with Crippen LogP contribution in [0.25, 0.3) is 11.3 Å². The van der Waals surface area contributed by atoms with Gasteiger partial charge in [-0.3, -0.25) is 4.79 Å². The van der Waals surface area contributed by atoms with Gasteiger partial charge in [-0.2, -0.15) is 0 Å². The van der Waals surface area contributed by atoms with Crippen molar-refractivity contribution in [2.45, 2.75) is 33.0 Å². The number of aliphatic hydroxyl groups is 1. The molecule has 7 heteroatoms. The minimum absolute atomic E-state index is 0.0367. The predicted molar refractivity (Wildman–Crippen MR) is 134 cm³/mol. The minimum atomic E-state index is -0.784. The molecular formula is C27H26N2O4S. The summed E-state index contributed by atoms with van der Waals surface area (Å²) in [6.07, 6.45) is -0.455. The van der Waals surface area contributed by atoms with Gasteiger partial charge in [-0.1, -0.05) is 49.4 Å². The third kappa shape index (κ3) is 4.95. The van der Waals surface area contributed by atoms with E-state index in [4.69, 9.17) is 10.5 Å². The summed E-state index contributed by atoms with van der Waals surface area (Å²) in [7, 11) is 0. The van der Waals surface area contributed by atoms with Gasteiger partial charge in [-0.05, 0) is 41.8 Å². The number of hydrogen-bond acceptors (Lipinski definition) is 7. The number of thiazole rings is 1. The zero-order chi connectivity index (χ0) is 24.2. The molecule has 1 atom stereocenters. The van der Waals surface area contributed by atoms with Crippen LogP contribution in [0.5, 0.6) is 11.5 Å². The normalized spacial score (nSPS) is 11.9. The van der Waals surface area contributed by atoms with E-state index in [1.807, 2.05) is 53.9 Å². The van der Waals surface area contributed by atoms with Crippen LogP contribution in [0.15, 0.2) is 66.0 Å². The van der Waals surface area contributed by atoms with E-state index < -0.39 is 6.10 Å². The van der Waals surface area contributed by atoms with Crippen molar-refractivity contribution < 1.29 is 19.7 Å². The molecule has 1 unspecified atom stereocenters. The molecule has 0 aliphatic rings. The lowest BCUT2D eigenvalue weighted by Crippen LogP contribution is -2.03. The fourth-order valence-corrected chi connectivity index (χ4v) is 4.26. The molecule has 0 bridgehead atoms. The number of hydrogen-bond donors (Lipinski definition) is 3. The van der Waals surface area contributed by atoms with Crippen molar-refractivity contribution >= 4 is 22.3 Å². The highest BCUT2D eigenvalue weighted by Gasteiger charge is 2.15. The number of rotatable bonds is 8. The first-order chi connectivity index (χ1) is 16.4. The van der Waals surface area contributed by atoms with Gasteiger partial charge in [0, 0.05) is 22.9 Å². The van der Waals surface area contributed by atoms with Crippen molar-refractivity contribution in [3.05, 3.63) is 93.9 Å². The van der Waals surface area contributed by atoms with Crippen LogP contribution >= 0.6 is 11.3 Å². The van der Waals surface area contributed by atoms with Crippen molar-refractivity contribution in [3.63, 3.8) is 0 Å². The van der Waals surface area contributed by atoms with E-state index in [9.17, 15) is 15.0 Å². The van der Waals surface area contributed by atoms with Gasteiger partial charge in [0.15, 0.2) is 10.9 Å². The molecule has 0 radical (unpaired) electrons. The number of nitrogens with zero attached hydrogens (tertiary/aromatic N) is 1. The van der Waals surface area contributed by atoms with Crippen LogP contribution in [-0.2, 0) is 6.61 Å². The topological polar surface area (TPSA) is 106 Å². The Kier molecular flexibility index (Phi) is 6.95. The van der Waals surface area contributed by atoms with Gasteiger partial charge in [-0.25, -0.2) is 4.98 Å². The van der Waals surface area contributed by atoms with E-state index in [2.05, 4.69) is 4.98 Å². The van der Waals surface area contributed by atoms with Crippen LogP contribution in [-0.4, -0.2) is 21.0 Å². The Morgan fingerprint density at radius 3 is 2.56 bits per heavy atom. The molecule has 6 nitrogen and oxygen atoms in total. The monoisotopic (exact) mass is 474 g/mol. The first-order valence-electron chi connectivity index (χ1n) is 10.9. The molecular weight excluding hydrogens is 448 g/mol. The smallest absolute Gasteiger partial charge is 0.180 e. The second kappa shape index (κ2) is 10.1. The van der Waals surface area contributed by atoms with Gasteiger partial charge in [0.2, 0.25) is 0 Å². The quantitative estimate of drug-likeness (QED) is 0.285. The summed E-state index contributed by atoms with van der Waals surface area (Å²) in [5, 5.41) is 23.6. The Morgan fingerprint density at radius 2 is 1.88 bits per heavy atom. The maximum absolute atomic E-state index is 11.9. The van der Waals surface area contributed by atoms with E-state index in [0.29, 0.717) is 35.0 Å². The second-order valence-electron chi connectivity index (χ2n) is 7.99. The van der Waals surface area contributed by atoms with Gasteiger partial charge >= 0.3 is 0 Å². The number of ether oxygens (including phenoxy) is 1. The fraction of sp³-hybridized carbons (Fsp3) is 0.185. The van der Waals surface area contributed by atoms with Gasteiger partial charge < -0.3 is 20.7 Å². The number of carbonyl (C=O) groups excluding carboxylic acids is 1. The maximum atomic E-state index is 11.9. The number of nitrogens with two attached hydrogens (primary N) is 1. The average molecular weight is 475 g/mol. The Balaban J connectivity index is 1.45. The van der Waals surface area contributed by atoms with E-state index in [-0.39, 0.29) is 11.5 Å². The van der Waals surface area contributed by atoms with Crippen molar-refractivity contribution in [2.24, 2.45) is 0 Å². The predicted octanol–water partition coefficient (Wildman–Crippen LogP) is 5.66. The second-order valence-corrected chi connectivity index (χ2v) is 8.88. The molecule has 174 valence electrons. The van der Waals surface area contributed by atoms with Gasteiger partial charge in [0.25, 0.3) is 0 Å². The Morgan fingerprint density at radius 1 is 1.12 bits per heavy atom. The number of ketones is 1. The number of benzene rings is 3. The highest BCUT2D eigenvalue weighted by Crippen LogP contribution is 2.32. The van der Waals surface area contributed by atoms with Crippen molar-refractivity contribution in [1.29, 1.82) is 0 Å². The molecule has 0 amide bonds. The highest BCUT2D eigenvalue weighted by molar-refractivity contribution is 7.13. The standard InChI is InChI=1S/C27H26N2O4S/c1-3-23(30)21-11-12-24(16(2)25(21)31)33-14-17-7-9-18(10-8-17)26(32)20-6-4-5-19(13-20)22-15-34-27(28)29-22/h4-13,15,26,31-32H,3,14H2,1-2H3,(H2,28,29). The summed E-state index contributed by atoms with van der Waals surface area (Å²) >= 11 is 1.38. The lowest BCUT2D eigenvalue weighted by molar-refractivity contribution is 0.0985. The molecule has 0 spiro atoms. The zero-order valence-corrected chi connectivity index (χ0v) is 19.8. The van der Waals surface area contributed by atoms with Crippen LogP contribution in [0, 0.1) is 6.92 Å². The van der Waals surface area contributed by atoms with Gasteiger partial charge in [-0.15, -0.1) is 11.3 Å². The van der Waals surface area contributed by atoms with Crippen molar-refractivity contribution in [3.8, 4) is 22.8 Å². The maximum Gasteiger partial charge on any atom is 0.180 e. The van der Waals surface area contributed by atoms with Crippen LogP contribution < -0.4 is 10.5 Å². The van der Waals surface area contributed by atoms with Gasteiger partial charge in [0.1, 0.15) is 24.2 Å². The van der Waals surface area contributed by atoms with Crippen LogP contribution in [0.3, 0.4) is 0 Å². The number of aromatic nitrogens is 1. The molecule has 34 heavy (non-hydrogen) atoms. The fourth-order valence-electron chi connectivity index (χ4n) is 3.69. The minimum Gasteiger partial charge on any atom is -0.507 e. The van der Waals surface area contributed by atoms with Crippen molar-refractivity contribution in [2.75, 3.05) is 5.73 Å². The lowest BCUT2D eigenvalue weighted by atomic mass is 9.98. The van der Waals surface area contributed by atoms with E-state index >= 15 is 0 Å². The number of Topliss-reactive ketones (excluding diaryl/α,β-unsaturated/α-hetero) is 1. The molecule has 0 saturated heterocycles. The molecule has 4 aromatic rings. The number of phenols is 1. The largest absolute Gasteiger partial charge is 0.507 e. The molecule has 1 heterocycles. The first kappa shape index (κ1) is 23.5. The summed E-state index contributed by atoms with van der Waals surface area (Å²) in [4.78, 5) is 16.2. The lowest BCUT2D eigenvalue weighted by Gasteiger charge is -2.15. The summed E-state index contributed by atoms with van der Waals surface area (Å²) < 4.78 is 5.87. The Bertz CT molecular complexity index is 1310. The number of aliphatic hydroxyl groups excluding tert-OH is 1. The Labute approximate surface area is 202 Å². The summed E-state index contributed by atoms with van der Waals surface area (Å²) in [5.41, 5.74) is 10.7. The number of nitrogen functional groups attached to an aromatic ring is 1. The summed E-state index contributed by atoms with van der Waals surface area (Å²) in [6, 6.07) is 18.5. The van der Waals surface area contributed by atoms with Crippen LogP contribution in [0.4, 0.5) is 5.13 Å². The van der Waals surface area contributed by atoms with E-state index in [0.717, 1.165) is 27.9 Å². The zero-order valence-electron chi connectivity index (χ0n) is 19.0. The number of phenolic OH excluding ortho intramolecular Hbond substituents is 1. The van der Waals surface area contributed by atoms with Crippen LogP contribution in [0.1, 0.15) is 52.1 Å². The SMILES string of the molecule is CCC(=O)c1ccc(OCc2ccc(C(O)c3cccc(-c4csc(N)n4)c3)cc2)c(C)c1O. The highest BCUT2D eigenvalue weighted by atomic mass is 32.1. The summed E-state index contributed by atoms with van der Waals surface area (Å²) in [5.74, 6) is 0.377. The molecule has 3 aromatic carbocycles. The molecule has 0 fully saturated rings. The first-order valence-corrected chi connectivity index (χ1v) is 11.8. The molecule has 0 saturated carbocycles.